The van der Waals surface area contributed by atoms with Crippen molar-refractivity contribution in [1.82, 2.24) is 10.2 Å². The number of piperazine rings is 1. The van der Waals surface area contributed by atoms with Crippen molar-refractivity contribution in [2.24, 2.45) is 4.99 Å². The van der Waals surface area contributed by atoms with Gasteiger partial charge in [-0.2, -0.15) is 13.2 Å². The first-order chi connectivity index (χ1) is 11.4. The number of aliphatic imine (C=N–C) groups is 1. The van der Waals surface area contributed by atoms with Crippen LogP contribution in [-0.2, 0) is 0 Å². The minimum absolute atomic E-state index is 0.232. The van der Waals surface area contributed by atoms with Crippen molar-refractivity contribution in [1.29, 1.82) is 0 Å². The summed E-state index contributed by atoms with van der Waals surface area (Å²) in [7, 11) is 0. The number of hydrogen-bond acceptors (Lipinski definition) is 2. The van der Waals surface area contributed by atoms with E-state index in [-0.39, 0.29) is 6.54 Å². The molecule has 1 aromatic rings. The van der Waals surface area contributed by atoms with Crippen LogP contribution in [-0.4, -0.2) is 56.3 Å². The van der Waals surface area contributed by atoms with Gasteiger partial charge in [-0.3, -0.25) is 4.99 Å². The SMILES string of the molecule is CCNC(=NCCC(F)(F)F)N1CCN(c2cccc(C)c2)CC1. The van der Waals surface area contributed by atoms with Crippen molar-refractivity contribution in [2.45, 2.75) is 26.4 Å². The third-order valence-electron chi connectivity index (χ3n) is 3.94. The smallest absolute Gasteiger partial charge is 0.368 e. The molecular weight excluding hydrogens is 317 g/mol. The van der Waals surface area contributed by atoms with E-state index < -0.39 is 12.6 Å². The Morgan fingerprint density at radius 2 is 1.92 bits per heavy atom. The highest BCUT2D eigenvalue weighted by Crippen LogP contribution is 2.20. The molecule has 1 saturated heterocycles. The Labute approximate surface area is 141 Å². The van der Waals surface area contributed by atoms with Crippen molar-refractivity contribution < 1.29 is 13.2 Å². The number of rotatable bonds is 4. The van der Waals surface area contributed by atoms with Crippen LogP contribution in [0, 0.1) is 6.92 Å². The molecule has 1 heterocycles. The van der Waals surface area contributed by atoms with Crippen LogP contribution in [0.3, 0.4) is 0 Å². The van der Waals surface area contributed by atoms with E-state index in [0.717, 1.165) is 26.2 Å². The largest absolute Gasteiger partial charge is 0.390 e. The zero-order valence-electron chi connectivity index (χ0n) is 14.2. The van der Waals surface area contributed by atoms with Gasteiger partial charge >= 0.3 is 6.18 Å². The Kier molecular flexibility index (Phi) is 6.34. The first-order valence-electron chi connectivity index (χ1n) is 8.30. The zero-order chi connectivity index (χ0) is 17.6. The van der Waals surface area contributed by atoms with Crippen LogP contribution in [0.25, 0.3) is 0 Å². The van der Waals surface area contributed by atoms with Gasteiger partial charge in [0.05, 0.1) is 13.0 Å². The van der Waals surface area contributed by atoms with Gasteiger partial charge in [-0.25, -0.2) is 0 Å². The van der Waals surface area contributed by atoms with Gasteiger partial charge in [0.25, 0.3) is 0 Å². The molecule has 0 bridgehead atoms. The zero-order valence-corrected chi connectivity index (χ0v) is 14.2. The summed E-state index contributed by atoms with van der Waals surface area (Å²) in [6, 6.07) is 8.35. The van der Waals surface area contributed by atoms with Gasteiger partial charge in [0.2, 0.25) is 0 Å². The van der Waals surface area contributed by atoms with E-state index >= 15 is 0 Å². The average molecular weight is 342 g/mol. The third-order valence-corrected chi connectivity index (χ3v) is 3.94. The Bertz CT molecular complexity index is 549. The minimum Gasteiger partial charge on any atom is -0.368 e. The minimum atomic E-state index is -4.16. The predicted molar refractivity (Wildman–Crippen MR) is 91.6 cm³/mol. The number of hydrogen-bond donors (Lipinski definition) is 1. The van der Waals surface area contributed by atoms with Crippen LogP contribution >= 0.6 is 0 Å². The lowest BCUT2D eigenvalue weighted by Crippen LogP contribution is -2.52. The second-order valence-electron chi connectivity index (χ2n) is 5.91. The van der Waals surface area contributed by atoms with Crippen LogP contribution in [0.1, 0.15) is 18.9 Å². The van der Waals surface area contributed by atoms with E-state index in [9.17, 15) is 13.2 Å². The molecule has 24 heavy (non-hydrogen) atoms. The van der Waals surface area contributed by atoms with Crippen molar-refractivity contribution in [3.63, 3.8) is 0 Å². The normalized spacial score (nSPS) is 16.5. The summed E-state index contributed by atoms with van der Waals surface area (Å²) in [5.41, 5.74) is 2.41. The second-order valence-corrected chi connectivity index (χ2v) is 5.91. The molecular formula is C17H25F3N4. The highest BCUT2D eigenvalue weighted by atomic mass is 19.4. The molecule has 4 nitrogen and oxygen atoms in total. The summed E-state index contributed by atoms with van der Waals surface area (Å²) in [5.74, 6) is 0.575. The lowest BCUT2D eigenvalue weighted by molar-refractivity contribution is -0.132. The van der Waals surface area contributed by atoms with Gasteiger partial charge in [0.1, 0.15) is 0 Å². The van der Waals surface area contributed by atoms with Crippen molar-refractivity contribution in [3.05, 3.63) is 29.8 Å². The summed E-state index contributed by atoms with van der Waals surface area (Å²) in [6.07, 6.45) is -5.05. The molecule has 1 aliphatic heterocycles. The molecule has 1 N–H and O–H groups in total. The van der Waals surface area contributed by atoms with Gasteiger partial charge in [-0.05, 0) is 31.5 Å². The van der Waals surface area contributed by atoms with Crippen LogP contribution in [0.5, 0.6) is 0 Å². The predicted octanol–water partition coefficient (Wildman–Crippen LogP) is 3.03. The number of aryl methyl sites for hydroxylation is 1. The average Bonchev–Trinajstić information content (AvgIpc) is 2.53. The van der Waals surface area contributed by atoms with Crippen LogP contribution in [0.4, 0.5) is 18.9 Å². The Balaban J connectivity index is 1.93. The number of nitrogens with zero attached hydrogens (tertiary/aromatic N) is 3. The van der Waals surface area contributed by atoms with Crippen LogP contribution in [0.15, 0.2) is 29.3 Å². The van der Waals surface area contributed by atoms with Gasteiger partial charge < -0.3 is 15.1 Å². The summed E-state index contributed by atoms with van der Waals surface area (Å²) >= 11 is 0. The molecule has 0 unspecified atom stereocenters. The molecule has 0 radical (unpaired) electrons. The van der Waals surface area contributed by atoms with Crippen molar-refractivity contribution in [2.75, 3.05) is 44.2 Å². The lowest BCUT2D eigenvalue weighted by Gasteiger charge is -2.37. The summed E-state index contributed by atoms with van der Waals surface area (Å²) < 4.78 is 36.9. The van der Waals surface area contributed by atoms with Gasteiger partial charge in [0, 0.05) is 38.4 Å². The molecule has 0 spiro atoms. The summed E-state index contributed by atoms with van der Waals surface area (Å²) in [5, 5.41) is 3.09. The first kappa shape index (κ1) is 18.4. The summed E-state index contributed by atoms with van der Waals surface area (Å²) in [6.45, 7) is 7.53. The fourth-order valence-corrected chi connectivity index (χ4v) is 2.72. The highest BCUT2D eigenvalue weighted by molar-refractivity contribution is 5.80. The molecule has 2 rings (SSSR count). The number of benzene rings is 1. The van der Waals surface area contributed by atoms with Crippen molar-refractivity contribution >= 4 is 11.6 Å². The molecule has 134 valence electrons. The van der Waals surface area contributed by atoms with Gasteiger partial charge in [-0.15, -0.1) is 0 Å². The maximum Gasteiger partial charge on any atom is 0.390 e. The van der Waals surface area contributed by atoms with E-state index in [4.69, 9.17) is 0 Å². The maximum absolute atomic E-state index is 12.3. The Hall–Kier alpha value is -1.92. The number of alkyl halides is 3. The number of anilines is 1. The number of nitrogens with one attached hydrogen (secondary N) is 1. The third kappa shape index (κ3) is 5.62. The molecule has 0 saturated carbocycles. The topological polar surface area (TPSA) is 30.9 Å². The molecule has 0 amide bonds. The fourth-order valence-electron chi connectivity index (χ4n) is 2.72. The van der Waals surface area contributed by atoms with E-state index in [2.05, 4.69) is 40.3 Å². The molecule has 0 atom stereocenters. The van der Waals surface area contributed by atoms with E-state index in [1.165, 1.54) is 11.3 Å². The van der Waals surface area contributed by atoms with Gasteiger partial charge in [-0.1, -0.05) is 12.1 Å². The molecule has 1 aromatic carbocycles. The monoisotopic (exact) mass is 342 g/mol. The first-order valence-corrected chi connectivity index (χ1v) is 8.30. The molecule has 1 aliphatic rings. The number of halogens is 3. The van der Waals surface area contributed by atoms with Crippen LogP contribution in [0.2, 0.25) is 0 Å². The molecule has 0 aliphatic carbocycles. The van der Waals surface area contributed by atoms with Gasteiger partial charge in [0.15, 0.2) is 5.96 Å². The number of guanidine groups is 1. The Morgan fingerprint density at radius 1 is 1.21 bits per heavy atom. The molecule has 0 aromatic heterocycles. The molecule has 7 heteroatoms. The highest BCUT2D eigenvalue weighted by Gasteiger charge is 2.26. The molecule has 1 fully saturated rings. The Morgan fingerprint density at radius 3 is 2.50 bits per heavy atom. The lowest BCUT2D eigenvalue weighted by atomic mass is 10.2. The van der Waals surface area contributed by atoms with E-state index in [0.29, 0.717) is 12.5 Å². The van der Waals surface area contributed by atoms with E-state index in [1.807, 2.05) is 17.9 Å². The van der Waals surface area contributed by atoms with E-state index in [1.54, 1.807) is 0 Å². The quantitative estimate of drug-likeness (QED) is 0.674. The maximum atomic E-state index is 12.3. The fraction of sp³-hybridized carbons (Fsp3) is 0.588. The van der Waals surface area contributed by atoms with Crippen LogP contribution < -0.4 is 10.2 Å². The van der Waals surface area contributed by atoms with Crippen molar-refractivity contribution in [3.8, 4) is 0 Å². The summed E-state index contributed by atoms with van der Waals surface area (Å²) in [4.78, 5) is 8.46. The standard InChI is InChI=1S/C17H25F3N4/c1-3-21-16(22-8-7-17(18,19)20)24-11-9-23(10-12-24)15-6-4-5-14(2)13-15/h4-6,13H,3,7-12H2,1-2H3,(H,21,22). The second kappa shape index (κ2) is 8.26.